The van der Waals surface area contributed by atoms with Gasteiger partial charge < -0.3 is 5.32 Å². The second-order valence-corrected chi connectivity index (χ2v) is 6.41. The van der Waals surface area contributed by atoms with E-state index >= 15 is 0 Å². The van der Waals surface area contributed by atoms with E-state index in [9.17, 15) is 13.6 Å². The van der Waals surface area contributed by atoms with Gasteiger partial charge in [0.2, 0.25) is 5.91 Å². The van der Waals surface area contributed by atoms with Gasteiger partial charge in [0.25, 0.3) is 5.92 Å². The molecule has 126 valence electrons. The lowest BCUT2D eigenvalue weighted by atomic mass is 10.0. The summed E-state index contributed by atoms with van der Waals surface area (Å²) < 4.78 is 26.3. The number of halogens is 2. The smallest absolute Gasteiger partial charge is 0.262 e. The van der Waals surface area contributed by atoms with Crippen LogP contribution in [-0.2, 0) is 11.3 Å². The van der Waals surface area contributed by atoms with Crippen LogP contribution in [0.15, 0.2) is 24.5 Å². The van der Waals surface area contributed by atoms with Crippen LogP contribution >= 0.6 is 0 Å². The summed E-state index contributed by atoms with van der Waals surface area (Å²) in [5.74, 6) is -3.06. The van der Waals surface area contributed by atoms with Gasteiger partial charge in [-0.3, -0.25) is 20.0 Å². The van der Waals surface area contributed by atoms with Crippen LogP contribution in [0.2, 0.25) is 0 Å². The molecule has 2 aliphatic heterocycles. The summed E-state index contributed by atoms with van der Waals surface area (Å²) in [4.78, 5) is 18.4. The number of pyridine rings is 1. The predicted molar refractivity (Wildman–Crippen MR) is 82.0 cm³/mol. The molecule has 1 unspecified atom stereocenters. The molecule has 7 heteroatoms. The highest BCUT2D eigenvalue weighted by Gasteiger charge is 2.42. The molecular formula is C16H22F2N4O. The highest BCUT2D eigenvalue weighted by atomic mass is 19.3. The van der Waals surface area contributed by atoms with E-state index in [4.69, 9.17) is 0 Å². The number of amides is 1. The van der Waals surface area contributed by atoms with Crippen molar-refractivity contribution < 1.29 is 13.6 Å². The number of hydrogen-bond acceptors (Lipinski definition) is 4. The molecule has 2 fully saturated rings. The van der Waals surface area contributed by atoms with Gasteiger partial charge in [0.15, 0.2) is 0 Å². The Morgan fingerprint density at radius 2 is 2.04 bits per heavy atom. The first-order valence-corrected chi connectivity index (χ1v) is 8.05. The number of nitrogens with one attached hydrogen (secondary N) is 2. The van der Waals surface area contributed by atoms with Gasteiger partial charge in [-0.15, -0.1) is 0 Å². The van der Waals surface area contributed by atoms with Crippen molar-refractivity contribution in [1.29, 1.82) is 0 Å². The van der Waals surface area contributed by atoms with Crippen LogP contribution in [0, 0.1) is 0 Å². The molecule has 0 radical (unpaired) electrons. The maximum atomic E-state index is 13.1. The minimum absolute atomic E-state index is 0.0761. The minimum atomic E-state index is -2.77. The molecule has 0 saturated carbocycles. The maximum absolute atomic E-state index is 13.1. The third kappa shape index (κ3) is 4.45. The summed E-state index contributed by atoms with van der Waals surface area (Å²) >= 11 is 0. The summed E-state index contributed by atoms with van der Waals surface area (Å²) in [6.07, 6.45) is 4.86. The van der Waals surface area contributed by atoms with Crippen LogP contribution in [0.4, 0.5) is 8.78 Å². The standard InChI is InChI=1S/C16H22F2N4O/c17-16(18)9-14(20-11-16)15(23)21-13-3-7-22(8-4-13)10-12-1-5-19-6-2-12/h1-2,5-6,13-14,20H,3-4,7-11H2,(H,21,23). The number of alkyl halides is 2. The lowest BCUT2D eigenvalue weighted by Crippen LogP contribution is -2.49. The normalized spacial score (nSPS) is 25.4. The molecule has 3 heterocycles. The third-order valence-corrected chi connectivity index (χ3v) is 4.52. The highest BCUT2D eigenvalue weighted by molar-refractivity contribution is 5.82. The number of likely N-dealkylation sites (tertiary alicyclic amines) is 1. The number of nitrogens with zero attached hydrogens (tertiary/aromatic N) is 2. The number of hydrogen-bond donors (Lipinski definition) is 2. The lowest BCUT2D eigenvalue weighted by Gasteiger charge is -2.32. The Kier molecular flexibility index (Phi) is 4.87. The Bertz CT molecular complexity index is 532. The maximum Gasteiger partial charge on any atom is 0.262 e. The second kappa shape index (κ2) is 6.88. The van der Waals surface area contributed by atoms with Crippen LogP contribution in [0.3, 0.4) is 0 Å². The van der Waals surface area contributed by atoms with Crippen molar-refractivity contribution in [3.63, 3.8) is 0 Å². The number of aromatic nitrogens is 1. The molecule has 2 aliphatic rings. The largest absolute Gasteiger partial charge is 0.352 e. The zero-order valence-electron chi connectivity index (χ0n) is 13.0. The fraction of sp³-hybridized carbons (Fsp3) is 0.625. The average Bonchev–Trinajstić information content (AvgIpc) is 2.90. The van der Waals surface area contributed by atoms with Crippen LogP contribution in [-0.4, -0.2) is 53.4 Å². The SMILES string of the molecule is O=C(NC1CCN(Cc2ccncc2)CC1)C1CC(F)(F)CN1. The van der Waals surface area contributed by atoms with Gasteiger partial charge in [-0.05, 0) is 30.5 Å². The summed E-state index contributed by atoms with van der Waals surface area (Å²) in [5, 5.41) is 5.51. The summed E-state index contributed by atoms with van der Waals surface area (Å²) in [6.45, 7) is 2.25. The van der Waals surface area contributed by atoms with Crippen molar-refractivity contribution in [2.45, 2.75) is 43.8 Å². The van der Waals surface area contributed by atoms with Gasteiger partial charge in [-0.2, -0.15) is 0 Å². The van der Waals surface area contributed by atoms with Gasteiger partial charge in [-0.1, -0.05) is 0 Å². The molecule has 0 bridgehead atoms. The third-order valence-electron chi connectivity index (χ3n) is 4.52. The van der Waals surface area contributed by atoms with E-state index in [0.29, 0.717) is 0 Å². The number of carbonyl (C=O) groups excluding carboxylic acids is 1. The zero-order chi connectivity index (χ0) is 16.3. The quantitative estimate of drug-likeness (QED) is 0.873. The lowest BCUT2D eigenvalue weighted by molar-refractivity contribution is -0.124. The van der Waals surface area contributed by atoms with Crippen molar-refractivity contribution in [2.24, 2.45) is 0 Å². The molecule has 3 rings (SSSR count). The first kappa shape index (κ1) is 16.3. The molecule has 1 aromatic heterocycles. The van der Waals surface area contributed by atoms with Crippen molar-refractivity contribution in [1.82, 2.24) is 20.5 Å². The average molecular weight is 324 g/mol. The van der Waals surface area contributed by atoms with Gasteiger partial charge in [-0.25, -0.2) is 8.78 Å². The topological polar surface area (TPSA) is 57.3 Å². The minimum Gasteiger partial charge on any atom is -0.352 e. The Morgan fingerprint density at radius 3 is 2.65 bits per heavy atom. The molecule has 1 aromatic rings. The van der Waals surface area contributed by atoms with Crippen LogP contribution < -0.4 is 10.6 Å². The van der Waals surface area contributed by atoms with E-state index in [1.807, 2.05) is 12.1 Å². The van der Waals surface area contributed by atoms with Crippen LogP contribution in [0.25, 0.3) is 0 Å². The first-order valence-electron chi connectivity index (χ1n) is 8.05. The van der Waals surface area contributed by atoms with Crippen molar-refractivity contribution in [2.75, 3.05) is 19.6 Å². The fourth-order valence-corrected chi connectivity index (χ4v) is 3.18. The van der Waals surface area contributed by atoms with Gasteiger partial charge in [0.05, 0.1) is 12.6 Å². The second-order valence-electron chi connectivity index (χ2n) is 6.41. The molecule has 0 aromatic carbocycles. The number of piperidine rings is 1. The zero-order valence-corrected chi connectivity index (χ0v) is 13.0. The fourth-order valence-electron chi connectivity index (χ4n) is 3.18. The molecular weight excluding hydrogens is 302 g/mol. The van der Waals surface area contributed by atoms with Gasteiger partial charge in [0.1, 0.15) is 0 Å². The molecule has 1 amide bonds. The van der Waals surface area contributed by atoms with E-state index in [-0.39, 0.29) is 11.9 Å². The Morgan fingerprint density at radius 1 is 1.35 bits per heavy atom. The number of rotatable bonds is 4. The van der Waals surface area contributed by atoms with Gasteiger partial charge >= 0.3 is 0 Å². The summed E-state index contributed by atoms with van der Waals surface area (Å²) in [5.41, 5.74) is 1.22. The predicted octanol–water partition coefficient (Wildman–Crippen LogP) is 1.16. The number of carbonyl (C=O) groups is 1. The molecule has 23 heavy (non-hydrogen) atoms. The molecule has 0 aliphatic carbocycles. The van der Waals surface area contributed by atoms with E-state index < -0.39 is 24.9 Å². The van der Waals surface area contributed by atoms with Crippen LogP contribution in [0.5, 0.6) is 0 Å². The molecule has 2 N–H and O–H groups in total. The molecule has 1 atom stereocenters. The molecule has 5 nitrogen and oxygen atoms in total. The van der Waals surface area contributed by atoms with Crippen molar-refractivity contribution in [3.05, 3.63) is 30.1 Å². The molecule has 2 saturated heterocycles. The Labute approximate surface area is 134 Å². The van der Waals surface area contributed by atoms with E-state index in [2.05, 4.69) is 20.5 Å². The van der Waals surface area contributed by atoms with E-state index in [1.54, 1.807) is 12.4 Å². The summed E-state index contributed by atoms with van der Waals surface area (Å²) in [6, 6.07) is 3.31. The van der Waals surface area contributed by atoms with Crippen molar-refractivity contribution in [3.8, 4) is 0 Å². The van der Waals surface area contributed by atoms with E-state index in [0.717, 1.165) is 32.5 Å². The van der Waals surface area contributed by atoms with E-state index in [1.165, 1.54) is 5.56 Å². The first-order chi connectivity index (χ1) is 11.0. The van der Waals surface area contributed by atoms with Gasteiger partial charge in [0, 0.05) is 44.5 Å². The Hall–Kier alpha value is -1.60. The van der Waals surface area contributed by atoms with Crippen molar-refractivity contribution >= 4 is 5.91 Å². The monoisotopic (exact) mass is 324 g/mol. The highest BCUT2D eigenvalue weighted by Crippen LogP contribution is 2.25. The molecule has 0 spiro atoms. The summed E-state index contributed by atoms with van der Waals surface area (Å²) in [7, 11) is 0. The Balaban J connectivity index is 1.42. The van der Waals surface area contributed by atoms with Crippen LogP contribution in [0.1, 0.15) is 24.8 Å².